The maximum Gasteiger partial charge on any atom is 0.265 e. The summed E-state index contributed by atoms with van der Waals surface area (Å²) in [7, 11) is 3.82. The molecule has 1 aliphatic heterocycles. The molecule has 1 N–H and O–H groups in total. The number of nitrogens with one attached hydrogen (secondary N) is 1. The van der Waals surface area contributed by atoms with Crippen molar-refractivity contribution in [3.8, 4) is 0 Å². The minimum Gasteiger partial charge on any atom is -0.381 e. The molecule has 0 saturated carbocycles. The Morgan fingerprint density at radius 2 is 2.14 bits per heavy atom. The summed E-state index contributed by atoms with van der Waals surface area (Å²) >= 11 is 0. The van der Waals surface area contributed by atoms with Crippen molar-refractivity contribution in [3.63, 3.8) is 0 Å². The molecule has 6 heteroatoms. The number of nitrogens with zero attached hydrogens (tertiary/aromatic N) is 4. The van der Waals surface area contributed by atoms with Crippen LogP contribution in [0.15, 0.2) is 34.9 Å². The van der Waals surface area contributed by atoms with E-state index < -0.39 is 0 Å². The van der Waals surface area contributed by atoms with E-state index in [9.17, 15) is 0 Å². The fraction of sp³-hybridized carbons (Fsp3) is 0.500. The number of rotatable bonds is 5. The van der Waals surface area contributed by atoms with E-state index in [1.807, 2.05) is 25.1 Å². The second-order valence-corrected chi connectivity index (χ2v) is 5.97. The predicted molar refractivity (Wildman–Crippen MR) is 87.0 cm³/mol. The molecule has 0 radical (unpaired) electrons. The normalized spacial score (nSPS) is 19.1. The van der Waals surface area contributed by atoms with Crippen molar-refractivity contribution in [2.75, 3.05) is 37.4 Å². The molecule has 0 amide bonds. The van der Waals surface area contributed by atoms with Crippen LogP contribution in [0.5, 0.6) is 0 Å². The highest BCUT2D eigenvalue weighted by molar-refractivity contribution is 5.43. The van der Waals surface area contributed by atoms with Crippen LogP contribution in [0.25, 0.3) is 0 Å². The Kier molecular flexibility index (Phi) is 4.58. The summed E-state index contributed by atoms with van der Waals surface area (Å²) in [4.78, 5) is 8.62. The summed E-state index contributed by atoms with van der Waals surface area (Å²) in [5.41, 5.74) is 1.18. The van der Waals surface area contributed by atoms with Crippen LogP contribution in [0, 0.1) is 0 Å². The van der Waals surface area contributed by atoms with Crippen LogP contribution >= 0.6 is 0 Å². The van der Waals surface area contributed by atoms with Gasteiger partial charge in [0.05, 0.1) is 6.54 Å². The maximum absolute atomic E-state index is 5.32. The highest BCUT2D eigenvalue weighted by atomic mass is 16.5. The second-order valence-electron chi connectivity index (χ2n) is 5.97. The SMILES string of the molecule is CN(C)c1noc(CN2CCCC(Nc3ccccc3)C2)n1. The van der Waals surface area contributed by atoms with Crippen molar-refractivity contribution in [3.05, 3.63) is 36.2 Å². The Morgan fingerprint density at radius 3 is 2.86 bits per heavy atom. The Hall–Kier alpha value is -2.08. The first-order chi connectivity index (χ1) is 10.7. The first-order valence-electron chi connectivity index (χ1n) is 7.74. The molecule has 1 atom stereocenters. The van der Waals surface area contributed by atoms with Crippen LogP contribution in [-0.4, -0.2) is 48.3 Å². The third kappa shape index (κ3) is 3.76. The van der Waals surface area contributed by atoms with E-state index in [2.05, 4.69) is 44.6 Å². The maximum atomic E-state index is 5.32. The molecule has 1 aliphatic rings. The van der Waals surface area contributed by atoms with Gasteiger partial charge in [-0.2, -0.15) is 4.98 Å². The lowest BCUT2D eigenvalue weighted by Crippen LogP contribution is -2.41. The summed E-state index contributed by atoms with van der Waals surface area (Å²) in [5.74, 6) is 1.31. The van der Waals surface area contributed by atoms with Crippen molar-refractivity contribution >= 4 is 11.6 Å². The van der Waals surface area contributed by atoms with E-state index >= 15 is 0 Å². The number of anilines is 2. The van der Waals surface area contributed by atoms with Gasteiger partial charge in [-0.3, -0.25) is 4.90 Å². The minimum absolute atomic E-state index is 0.465. The van der Waals surface area contributed by atoms with Crippen molar-refractivity contribution in [1.29, 1.82) is 0 Å². The molecule has 0 bridgehead atoms. The molecule has 0 spiro atoms. The largest absolute Gasteiger partial charge is 0.381 e. The molecule has 1 saturated heterocycles. The van der Waals surface area contributed by atoms with E-state index in [0.717, 1.165) is 13.1 Å². The molecule has 22 heavy (non-hydrogen) atoms. The first kappa shape index (κ1) is 14.8. The summed E-state index contributed by atoms with van der Waals surface area (Å²) in [6.07, 6.45) is 2.37. The molecule has 1 aromatic heterocycles. The number of aromatic nitrogens is 2. The van der Waals surface area contributed by atoms with Gasteiger partial charge in [0, 0.05) is 32.4 Å². The van der Waals surface area contributed by atoms with Gasteiger partial charge in [-0.05, 0) is 36.7 Å². The van der Waals surface area contributed by atoms with Crippen molar-refractivity contribution in [2.45, 2.75) is 25.4 Å². The van der Waals surface area contributed by atoms with E-state index in [0.29, 0.717) is 24.4 Å². The average molecular weight is 301 g/mol. The van der Waals surface area contributed by atoms with Gasteiger partial charge in [-0.25, -0.2) is 0 Å². The fourth-order valence-corrected chi connectivity index (χ4v) is 2.77. The Morgan fingerprint density at radius 1 is 1.32 bits per heavy atom. The van der Waals surface area contributed by atoms with Gasteiger partial charge in [-0.1, -0.05) is 18.2 Å². The lowest BCUT2D eigenvalue weighted by Gasteiger charge is -2.32. The lowest BCUT2D eigenvalue weighted by molar-refractivity contribution is 0.184. The molecule has 1 fully saturated rings. The topological polar surface area (TPSA) is 57.4 Å². The number of para-hydroxylation sites is 1. The highest BCUT2D eigenvalue weighted by Crippen LogP contribution is 2.18. The molecular formula is C16H23N5O. The minimum atomic E-state index is 0.465. The van der Waals surface area contributed by atoms with Crippen LogP contribution in [0.2, 0.25) is 0 Å². The van der Waals surface area contributed by atoms with Crippen LogP contribution in [0.3, 0.4) is 0 Å². The average Bonchev–Trinajstić information content (AvgIpc) is 2.97. The van der Waals surface area contributed by atoms with Gasteiger partial charge >= 0.3 is 0 Å². The number of benzene rings is 1. The molecule has 0 aliphatic carbocycles. The smallest absolute Gasteiger partial charge is 0.265 e. The van der Waals surface area contributed by atoms with Gasteiger partial charge < -0.3 is 14.7 Å². The summed E-state index contributed by atoms with van der Waals surface area (Å²) in [6, 6.07) is 10.8. The van der Waals surface area contributed by atoms with E-state index in [1.165, 1.54) is 18.5 Å². The first-order valence-corrected chi connectivity index (χ1v) is 7.74. The summed E-state index contributed by atoms with van der Waals surface area (Å²) < 4.78 is 5.32. The van der Waals surface area contributed by atoms with Gasteiger partial charge in [0.1, 0.15) is 0 Å². The molecule has 3 rings (SSSR count). The highest BCUT2D eigenvalue weighted by Gasteiger charge is 2.21. The van der Waals surface area contributed by atoms with E-state index in [1.54, 1.807) is 0 Å². The third-order valence-corrected chi connectivity index (χ3v) is 3.87. The predicted octanol–water partition coefficient (Wildman–Crippen LogP) is 2.21. The molecule has 1 aromatic carbocycles. The van der Waals surface area contributed by atoms with Crippen molar-refractivity contribution < 1.29 is 4.52 Å². The fourth-order valence-electron chi connectivity index (χ4n) is 2.77. The number of hydrogen-bond donors (Lipinski definition) is 1. The molecule has 6 nitrogen and oxygen atoms in total. The van der Waals surface area contributed by atoms with Crippen LogP contribution in [-0.2, 0) is 6.54 Å². The van der Waals surface area contributed by atoms with Crippen LogP contribution in [0.4, 0.5) is 11.6 Å². The third-order valence-electron chi connectivity index (χ3n) is 3.87. The second kappa shape index (κ2) is 6.79. The monoisotopic (exact) mass is 301 g/mol. The molecule has 118 valence electrons. The van der Waals surface area contributed by atoms with Crippen molar-refractivity contribution in [2.24, 2.45) is 0 Å². The van der Waals surface area contributed by atoms with Crippen molar-refractivity contribution in [1.82, 2.24) is 15.0 Å². The lowest BCUT2D eigenvalue weighted by atomic mass is 10.1. The van der Waals surface area contributed by atoms with Gasteiger partial charge in [-0.15, -0.1) is 0 Å². The molecular weight excluding hydrogens is 278 g/mol. The summed E-state index contributed by atoms with van der Waals surface area (Å²) in [6.45, 7) is 2.79. The Labute approximate surface area is 131 Å². The summed E-state index contributed by atoms with van der Waals surface area (Å²) in [5, 5.41) is 7.57. The van der Waals surface area contributed by atoms with E-state index in [4.69, 9.17) is 4.52 Å². The standard InChI is InChI=1S/C16H23N5O/c1-20(2)16-18-15(22-19-16)12-21-10-6-9-14(11-21)17-13-7-4-3-5-8-13/h3-5,7-8,14,17H,6,9-12H2,1-2H3. The Balaban J connectivity index is 1.56. The zero-order chi connectivity index (χ0) is 15.4. The number of likely N-dealkylation sites (tertiary alicyclic amines) is 1. The zero-order valence-corrected chi connectivity index (χ0v) is 13.2. The molecule has 1 unspecified atom stereocenters. The van der Waals surface area contributed by atoms with Crippen LogP contribution in [0.1, 0.15) is 18.7 Å². The zero-order valence-electron chi connectivity index (χ0n) is 13.2. The van der Waals surface area contributed by atoms with Crippen LogP contribution < -0.4 is 10.2 Å². The number of hydrogen-bond acceptors (Lipinski definition) is 6. The van der Waals surface area contributed by atoms with Gasteiger partial charge in [0.25, 0.3) is 5.95 Å². The Bertz CT molecular complexity index is 583. The molecule has 2 heterocycles. The number of piperidine rings is 1. The van der Waals surface area contributed by atoms with E-state index in [-0.39, 0.29) is 0 Å². The quantitative estimate of drug-likeness (QED) is 0.914. The van der Waals surface area contributed by atoms with Gasteiger partial charge in [0.2, 0.25) is 5.89 Å². The molecule has 2 aromatic rings. The van der Waals surface area contributed by atoms with Gasteiger partial charge in [0.15, 0.2) is 0 Å².